The van der Waals surface area contributed by atoms with Gasteiger partial charge in [-0.25, -0.2) is 0 Å². The van der Waals surface area contributed by atoms with Crippen LogP contribution < -0.4 is 5.32 Å². The van der Waals surface area contributed by atoms with E-state index in [1.54, 1.807) is 17.3 Å². The Labute approximate surface area is 143 Å². The van der Waals surface area contributed by atoms with Crippen LogP contribution in [0.1, 0.15) is 38.2 Å². The van der Waals surface area contributed by atoms with E-state index in [4.69, 9.17) is 4.74 Å². The number of hydrogen-bond donors (Lipinski definition) is 1. The van der Waals surface area contributed by atoms with E-state index >= 15 is 0 Å². The number of ether oxygens (including phenoxy) is 1. The van der Waals surface area contributed by atoms with Crippen LogP contribution in [0.2, 0.25) is 0 Å². The lowest BCUT2D eigenvalue weighted by molar-refractivity contribution is -0.140. The normalized spacial score (nSPS) is 20.4. The van der Waals surface area contributed by atoms with Gasteiger partial charge in [0, 0.05) is 32.0 Å². The van der Waals surface area contributed by atoms with E-state index in [1.165, 1.54) is 19.3 Å². The molecule has 1 fully saturated rings. The highest BCUT2D eigenvalue weighted by atomic mass is 16.5. The second-order valence-corrected chi connectivity index (χ2v) is 6.46. The molecule has 6 nitrogen and oxygen atoms in total. The van der Waals surface area contributed by atoms with Crippen molar-refractivity contribution in [1.29, 1.82) is 0 Å². The first-order chi connectivity index (χ1) is 11.6. The number of hydrogen-bond acceptors (Lipinski definition) is 4. The van der Waals surface area contributed by atoms with Gasteiger partial charge in [-0.15, -0.1) is 0 Å². The van der Waals surface area contributed by atoms with Crippen molar-refractivity contribution in [3.8, 4) is 0 Å². The highest BCUT2D eigenvalue weighted by Gasteiger charge is 2.27. The van der Waals surface area contributed by atoms with E-state index in [0.717, 1.165) is 12.0 Å². The average molecular weight is 333 g/mol. The van der Waals surface area contributed by atoms with Gasteiger partial charge in [0.15, 0.2) is 0 Å². The van der Waals surface area contributed by atoms with Crippen molar-refractivity contribution < 1.29 is 14.3 Å². The minimum absolute atomic E-state index is 0.0555. The summed E-state index contributed by atoms with van der Waals surface area (Å²) in [6, 6.07) is 3.99. The fourth-order valence-corrected chi connectivity index (χ4v) is 3.14. The molecule has 132 valence electrons. The lowest BCUT2D eigenvalue weighted by Gasteiger charge is -2.36. The predicted molar refractivity (Wildman–Crippen MR) is 91.1 cm³/mol. The molecule has 24 heavy (non-hydrogen) atoms. The third kappa shape index (κ3) is 5.60. The molecule has 1 aliphatic carbocycles. The summed E-state index contributed by atoms with van der Waals surface area (Å²) in [5, 5.41) is 2.74. The minimum Gasteiger partial charge on any atom is -0.362 e. The lowest BCUT2D eigenvalue weighted by atomic mass is 9.85. The van der Waals surface area contributed by atoms with Gasteiger partial charge in [0.25, 0.3) is 0 Å². The molecule has 1 aromatic rings. The van der Waals surface area contributed by atoms with Crippen molar-refractivity contribution in [3.63, 3.8) is 0 Å². The Morgan fingerprint density at radius 2 is 2.12 bits per heavy atom. The zero-order chi connectivity index (χ0) is 17.4. The first-order valence-corrected chi connectivity index (χ1v) is 8.57. The molecule has 2 rings (SSSR count). The van der Waals surface area contributed by atoms with Crippen molar-refractivity contribution in [3.05, 3.63) is 30.1 Å². The topological polar surface area (TPSA) is 71.5 Å². The summed E-state index contributed by atoms with van der Waals surface area (Å²) in [5.74, 6) is 0.227. The van der Waals surface area contributed by atoms with E-state index in [0.29, 0.717) is 12.5 Å². The summed E-state index contributed by atoms with van der Waals surface area (Å²) >= 11 is 0. The van der Waals surface area contributed by atoms with Crippen LogP contribution in [0.4, 0.5) is 0 Å². The molecule has 0 unspecified atom stereocenters. The number of carbonyl (C=O) groups is 2. The lowest BCUT2D eigenvalue weighted by Crippen LogP contribution is -2.44. The summed E-state index contributed by atoms with van der Waals surface area (Å²) in [7, 11) is 1.83. The molecule has 1 N–H and O–H groups in total. The Balaban J connectivity index is 1.65. The summed E-state index contributed by atoms with van der Waals surface area (Å²) in [4.78, 5) is 29.7. The molecule has 1 aliphatic rings. The van der Waals surface area contributed by atoms with Crippen LogP contribution in [-0.4, -0.2) is 48.0 Å². The Bertz CT molecular complexity index is 536. The maximum Gasteiger partial charge on any atom is 0.248 e. The Kier molecular flexibility index (Phi) is 7.18. The first kappa shape index (κ1) is 18.4. The van der Waals surface area contributed by atoms with Crippen molar-refractivity contribution in [2.45, 2.75) is 45.2 Å². The van der Waals surface area contributed by atoms with Crippen LogP contribution in [0, 0.1) is 5.92 Å². The molecule has 1 heterocycles. The van der Waals surface area contributed by atoms with E-state index < -0.39 is 0 Å². The van der Waals surface area contributed by atoms with Gasteiger partial charge >= 0.3 is 0 Å². The second kappa shape index (κ2) is 9.37. The molecular weight excluding hydrogens is 306 g/mol. The number of rotatable bonds is 7. The van der Waals surface area contributed by atoms with Crippen molar-refractivity contribution in [1.82, 2.24) is 15.2 Å². The van der Waals surface area contributed by atoms with Crippen LogP contribution >= 0.6 is 0 Å². The number of aromatic nitrogens is 1. The van der Waals surface area contributed by atoms with E-state index in [2.05, 4.69) is 17.2 Å². The summed E-state index contributed by atoms with van der Waals surface area (Å²) in [6.45, 7) is 2.43. The molecule has 1 aromatic heterocycles. The van der Waals surface area contributed by atoms with Gasteiger partial charge in [-0.3, -0.25) is 14.6 Å². The molecule has 0 aromatic carbocycles. The quantitative estimate of drug-likeness (QED) is 0.825. The summed E-state index contributed by atoms with van der Waals surface area (Å²) in [6.07, 6.45) is 8.01. The van der Waals surface area contributed by atoms with Crippen LogP contribution in [0.3, 0.4) is 0 Å². The van der Waals surface area contributed by atoms with E-state index in [1.807, 2.05) is 19.2 Å². The molecular formula is C18H27N3O3. The summed E-state index contributed by atoms with van der Waals surface area (Å²) in [5.41, 5.74) is 0.924. The molecule has 0 radical (unpaired) electrons. The summed E-state index contributed by atoms with van der Waals surface area (Å²) < 4.78 is 5.27. The zero-order valence-corrected chi connectivity index (χ0v) is 14.5. The van der Waals surface area contributed by atoms with Crippen molar-refractivity contribution >= 4 is 11.8 Å². The molecule has 0 aliphatic heterocycles. The minimum atomic E-state index is -0.236. The van der Waals surface area contributed by atoms with Crippen LogP contribution in [0.15, 0.2) is 24.5 Å². The standard InChI is InChI=1S/C18H27N3O3/c1-14-6-3-4-8-16(14)21(2)18(23)13-24-12-17(22)20-11-15-7-5-9-19-10-15/h5,7,9-10,14,16H,3-4,6,8,11-13H2,1-2H3,(H,20,22)/t14-,16+/m1/s1. The SMILES string of the molecule is C[C@@H]1CCCC[C@@H]1N(C)C(=O)COCC(=O)NCc1cccnc1. The third-order valence-electron chi connectivity index (χ3n) is 4.63. The predicted octanol–water partition coefficient (Wildman–Crippen LogP) is 1.75. The number of pyridine rings is 1. The molecule has 1 saturated carbocycles. The number of amides is 2. The van der Waals surface area contributed by atoms with Crippen molar-refractivity contribution in [2.24, 2.45) is 5.92 Å². The fraction of sp³-hybridized carbons (Fsp3) is 0.611. The first-order valence-electron chi connectivity index (χ1n) is 8.57. The van der Waals surface area contributed by atoms with Gasteiger partial charge in [-0.1, -0.05) is 25.8 Å². The van der Waals surface area contributed by atoms with E-state index in [9.17, 15) is 9.59 Å². The zero-order valence-electron chi connectivity index (χ0n) is 14.5. The van der Waals surface area contributed by atoms with E-state index in [-0.39, 0.29) is 31.1 Å². The largest absolute Gasteiger partial charge is 0.362 e. The van der Waals surface area contributed by atoms with Crippen LogP contribution in [0.25, 0.3) is 0 Å². The smallest absolute Gasteiger partial charge is 0.248 e. The number of nitrogens with one attached hydrogen (secondary N) is 1. The molecule has 2 atom stereocenters. The number of carbonyl (C=O) groups excluding carboxylic acids is 2. The van der Waals surface area contributed by atoms with Gasteiger partial charge in [-0.2, -0.15) is 0 Å². The highest BCUT2D eigenvalue weighted by Crippen LogP contribution is 2.27. The Morgan fingerprint density at radius 1 is 1.33 bits per heavy atom. The van der Waals surface area contributed by atoms with Gasteiger partial charge in [0.1, 0.15) is 13.2 Å². The molecule has 0 bridgehead atoms. The highest BCUT2D eigenvalue weighted by molar-refractivity contribution is 5.79. The van der Waals surface area contributed by atoms with Gasteiger partial charge in [0.05, 0.1) is 0 Å². The Morgan fingerprint density at radius 3 is 2.83 bits per heavy atom. The van der Waals surface area contributed by atoms with Gasteiger partial charge in [0.2, 0.25) is 11.8 Å². The maximum absolute atomic E-state index is 12.2. The number of likely N-dealkylation sites (N-methyl/N-ethyl adjacent to an activating group) is 1. The van der Waals surface area contributed by atoms with Crippen LogP contribution in [-0.2, 0) is 20.9 Å². The van der Waals surface area contributed by atoms with Crippen LogP contribution in [0.5, 0.6) is 0 Å². The molecule has 0 saturated heterocycles. The Hall–Kier alpha value is -1.95. The molecule has 6 heteroatoms. The second-order valence-electron chi connectivity index (χ2n) is 6.46. The monoisotopic (exact) mass is 333 g/mol. The maximum atomic E-state index is 12.2. The fourth-order valence-electron chi connectivity index (χ4n) is 3.14. The molecule has 2 amide bonds. The van der Waals surface area contributed by atoms with Gasteiger partial charge < -0.3 is 15.0 Å². The van der Waals surface area contributed by atoms with Gasteiger partial charge in [-0.05, 0) is 30.4 Å². The number of nitrogens with zero attached hydrogens (tertiary/aromatic N) is 2. The average Bonchev–Trinajstić information content (AvgIpc) is 2.60. The third-order valence-corrected chi connectivity index (χ3v) is 4.63. The van der Waals surface area contributed by atoms with Crippen molar-refractivity contribution in [2.75, 3.05) is 20.3 Å². The molecule has 0 spiro atoms.